The average molecular weight is 314 g/mol. The lowest BCUT2D eigenvalue weighted by Gasteiger charge is -2.46. The lowest BCUT2D eigenvalue weighted by atomic mass is 10.2. The summed E-state index contributed by atoms with van der Waals surface area (Å²) in [5.41, 5.74) is 0. The average Bonchev–Trinajstić information content (AvgIpc) is 2.44. The van der Waals surface area contributed by atoms with Crippen LogP contribution in [0.1, 0.15) is 26.7 Å². The van der Waals surface area contributed by atoms with Crippen LogP contribution in [0.3, 0.4) is 0 Å². The first-order chi connectivity index (χ1) is 10.2. The molecule has 0 bridgehead atoms. The van der Waals surface area contributed by atoms with Crippen LogP contribution in [0.25, 0.3) is 0 Å². The molecule has 1 heterocycles. The molecular formula is C16H34N4O2+2. The van der Waals surface area contributed by atoms with Gasteiger partial charge in [0.2, 0.25) is 11.8 Å². The SMILES string of the molecule is CC(=O)NCCC[N+]1(C)CC[N+](C)(CCCNC(C)=O)CC1. The van der Waals surface area contributed by atoms with E-state index in [1.807, 2.05) is 0 Å². The van der Waals surface area contributed by atoms with E-state index in [4.69, 9.17) is 0 Å². The molecule has 0 aromatic heterocycles. The second-order valence-electron chi connectivity index (χ2n) is 7.25. The van der Waals surface area contributed by atoms with Crippen LogP contribution in [-0.2, 0) is 9.59 Å². The maximum Gasteiger partial charge on any atom is 0.216 e. The van der Waals surface area contributed by atoms with Crippen LogP contribution in [-0.4, -0.2) is 87.2 Å². The third-order valence-corrected chi connectivity index (χ3v) is 4.86. The molecule has 0 aromatic carbocycles. The Morgan fingerprint density at radius 1 is 0.773 bits per heavy atom. The second-order valence-corrected chi connectivity index (χ2v) is 7.25. The summed E-state index contributed by atoms with van der Waals surface area (Å²) in [4.78, 5) is 21.8. The van der Waals surface area contributed by atoms with Gasteiger partial charge in [0.15, 0.2) is 0 Å². The fraction of sp³-hybridized carbons (Fsp3) is 0.875. The summed E-state index contributed by atoms with van der Waals surface area (Å²) in [7, 11) is 4.66. The quantitative estimate of drug-likeness (QED) is 0.487. The number of carbonyl (C=O) groups excluding carboxylic acids is 2. The Morgan fingerprint density at radius 2 is 1.09 bits per heavy atom. The predicted molar refractivity (Wildman–Crippen MR) is 88.2 cm³/mol. The summed E-state index contributed by atoms with van der Waals surface area (Å²) in [5.74, 6) is 0.120. The lowest BCUT2D eigenvalue weighted by Crippen LogP contribution is -2.64. The van der Waals surface area contributed by atoms with Crippen molar-refractivity contribution in [2.45, 2.75) is 26.7 Å². The molecule has 0 radical (unpaired) electrons. The standard InChI is InChI=1S/C16H32N4O2/c1-15(21)17-7-5-9-19(3)11-13-20(4,14-12-19)10-6-8-18-16(2)22/h5-14H2,1-4H3/p+2. The van der Waals surface area contributed by atoms with E-state index in [1.165, 1.54) is 26.2 Å². The number of nitrogens with one attached hydrogen (secondary N) is 2. The van der Waals surface area contributed by atoms with Gasteiger partial charge in [-0.3, -0.25) is 9.59 Å². The van der Waals surface area contributed by atoms with Crippen molar-refractivity contribution < 1.29 is 18.6 Å². The monoisotopic (exact) mass is 314 g/mol. The van der Waals surface area contributed by atoms with Crippen molar-refractivity contribution in [2.75, 3.05) is 66.5 Å². The molecule has 2 N–H and O–H groups in total. The highest BCUT2D eigenvalue weighted by Crippen LogP contribution is 2.16. The first-order valence-corrected chi connectivity index (χ1v) is 8.41. The lowest BCUT2D eigenvalue weighted by molar-refractivity contribution is -1.02. The zero-order chi connectivity index (χ0) is 16.6. The number of carbonyl (C=O) groups is 2. The summed E-state index contributed by atoms with van der Waals surface area (Å²) in [5, 5.41) is 5.75. The van der Waals surface area contributed by atoms with Crippen molar-refractivity contribution in [1.82, 2.24) is 10.6 Å². The zero-order valence-electron chi connectivity index (χ0n) is 14.8. The number of rotatable bonds is 8. The Labute approximate surface area is 135 Å². The minimum absolute atomic E-state index is 0.0599. The molecule has 0 unspecified atom stereocenters. The summed E-state index contributed by atoms with van der Waals surface area (Å²) in [6.07, 6.45) is 2.09. The summed E-state index contributed by atoms with van der Waals surface area (Å²) in [6, 6.07) is 0. The van der Waals surface area contributed by atoms with Crippen molar-refractivity contribution in [2.24, 2.45) is 0 Å². The van der Waals surface area contributed by atoms with E-state index in [2.05, 4.69) is 24.7 Å². The molecule has 1 rings (SSSR count). The molecule has 22 heavy (non-hydrogen) atoms. The number of quaternary nitrogens is 2. The van der Waals surface area contributed by atoms with Crippen molar-refractivity contribution >= 4 is 11.8 Å². The van der Waals surface area contributed by atoms with Gasteiger partial charge >= 0.3 is 0 Å². The van der Waals surface area contributed by atoms with Crippen molar-refractivity contribution in [1.29, 1.82) is 0 Å². The van der Waals surface area contributed by atoms with Crippen molar-refractivity contribution in [3.05, 3.63) is 0 Å². The van der Waals surface area contributed by atoms with Gasteiger partial charge in [0, 0.05) is 39.8 Å². The van der Waals surface area contributed by atoms with Crippen molar-refractivity contribution in [3.63, 3.8) is 0 Å². The summed E-state index contributed by atoms with van der Waals surface area (Å²) in [6.45, 7) is 11.7. The van der Waals surface area contributed by atoms with E-state index in [0.29, 0.717) is 0 Å². The Balaban J connectivity index is 2.25. The van der Waals surface area contributed by atoms with Crippen LogP contribution >= 0.6 is 0 Å². The third-order valence-electron chi connectivity index (χ3n) is 4.86. The van der Waals surface area contributed by atoms with Crippen LogP contribution in [0, 0.1) is 0 Å². The van der Waals surface area contributed by atoms with Gasteiger partial charge in [0.1, 0.15) is 26.2 Å². The molecule has 128 valence electrons. The summed E-state index contributed by atoms with van der Waals surface area (Å²) < 4.78 is 2.22. The van der Waals surface area contributed by atoms with E-state index in [9.17, 15) is 9.59 Å². The maximum absolute atomic E-state index is 10.9. The molecule has 1 fully saturated rings. The van der Waals surface area contributed by atoms with Gasteiger partial charge in [-0.2, -0.15) is 0 Å². The highest BCUT2D eigenvalue weighted by Gasteiger charge is 2.36. The zero-order valence-corrected chi connectivity index (χ0v) is 14.8. The van der Waals surface area contributed by atoms with Gasteiger partial charge in [0.25, 0.3) is 0 Å². The van der Waals surface area contributed by atoms with Crippen LogP contribution in [0.2, 0.25) is 0 Å². The molecular weight excluding hydrogens is 280 g/mol. The number of hydrogen-bond acceptors (Lipinski definition) is 2. The van der Waals surface area contributed by atoms with Crippen LogP contribution in [0.5, 0.6) is 0 Å². The number of likely N-dealkylation sites (N-methyl/N-ethyl adjacent to an activating group) is 2. The molecule has 1 saturated heterocycles. The molecule has 0 spiro atoms. The van der Waals surface area contributed by atoms with Crippen LogP contribution in [0.15, 0.2) is 0 Å². The minimum atomic E-state index is 0.0599. The van der Waals surface area contributed by atoms with E-state index < -0.39 is 0 Å². The van der Waals surface area contributed by atoms with Gasteiger partial charge in [-0.1, -0.05) is 0 Å². The topological polar surface area (TPSA) is 58.2 Å². The first-order valence-electron chi connectivity index (χ1n) is 8.41. The van der Waals surface area contributed by atoms with Gasteiger partial charge in [-0.25, -0.2) is 0 Å². The number of piperazine rings is 1. The molecule has 6 heteroatoms. The van der Waals surface area contributed by atoms with E-state index >= 15 is 0 Å². The Kier molecular flexibility index (Phi) is 7.29. The van der Waals surface area contributed by atoms with Crippen LogP contribution in [0.4, 0.5) is 0 Å². The van der Waals surface area contributed by atoms with E-state index in [1.54, 1.807) is 13.8 Å². The van der Waals surface area contributed by atoms with Gasteiger partial charge in [-0.15, -0.1) is 0 Å². The fourth-order valence-electron chi connectivity index (χ4n) is 3.09. The molecule has 2 amide bonds. The Morgan fingerprint density at radius 3 is 1.36 bits per heavy atom. The third kappa shape index (κ3) is 7.22. The van der Waals surface area contributed by atoms with Gasteiger partial charge < -0.3 is 19.6 Å². The largest absolute Gasteiger partial charge is 0.356 e. The smallest absolute Gasteiger partial charge is 0.216 e. The normalized spacial score (nSPS) is 28.2. The first kappa shape index (κ1) is 18.9. The maximum atomic E-state index is 10.9. The number of hydrogen-bond donors (Lipinski definition) is 2. The molecule has 1 aliphatic rings. The molecule has 1 aliphatic heterocycles. The molecule has 0 saturated carbocycles. The second kappa shape index (κ2) is 8.48. The highest BCUT2D eigenvalue weighted by atomic mass is 16.2. The minimum Gasteiger partial charge on any atom is -0.356 e. The van der Waals surface area contributed by atoms with E-state index in [-0.39, 0.29) is 11.8 Å². The number of nitrogens with zero attached hydrogens (tertiary/aromatic N) is 2. The Bertz CT molecular complexity index is 340. The van der Waals surface area contributed by atoms with Crippen LogP contribution < -0.4 is 10.6 Å². The van der Waals surface area contributed by atoms with Crippen molar-refractivity contribution in [3.8, 4) is 0 Å². The van der Waals surface area contributed by atoms with E-state index in [0.717, 1.165) is 48.0 Å². The van der Waals surface area contributed by atoms with Gasteiger partial charge in [-0.05, 0) is 0 Å². The highest BCUT2D eigenvalue weighted by molar-refractivity contribution is 5.72. The molecule has 0 aromatic rings. The van der Waals surface area contributed by atoms with Gasteiger partial charge in [0.05, 0.1) is 27.2 Å². The fourth-order valence-corrected chi connectivity index (χ4v) is 3.09. The molecule has 6 nitrogen and oxygen atoms in total. The number of amides is 2. The summed E-state index contributed by atoms with van der Waals surface area (Å²) >= 11 is 0. The molecule has 0 aliphatic carbocycles. The Hall–Kier alpha value is -1.14. The predicted octanol–water partition coefficient (Wildman–Crippen LogP) is -0.0544. The molecule has 0 atom stereocenters.